The molecule has 0 fully saturated rings. The highest BCUT2D eigenvalue weighted by Crippen LogP contribution is 1.98. The molecule has 3 nitrogen and oxygen atoms in total. The van der Waals surface area contributed by atoms with E-state index in [2.05, 4.69) is 15.9 Å². The molecule has 54 valence electrons. The van der Waals surface area contributed by atoms with Gasteiger partial charge in [0, 0.05) is 6.61 Å². The summed E-state index contributed by atoms with van der Waals surface area (Å²) in [6.07, 6.45) is 0. The van der Waals surface area contributed by atoms with Crippen LogP contribution >= 0.6 is 15.9 Å². The van der Waals surface area contributed by atoms with Gasteiger partial charge in [0.15, 0.2) is 0 Å². The molecule has 0 heterocycles. The lowest BCUT2D eigenvalue weighted by molar-refractivity contribution is -0.137. The third kappa shape index (κ3) is 4.42. The summed E-state index contributed by atoms with van der Waals surface area (Å²) in [4.78, 5) is 9.51. The SMILES string of the molecule is CCOCC(Br)C(=O)O. The van der Waals surface area contributed by atoms with Gasteiger partial charge in [-0.1, -0.05) is 15.9 Å². The van der Waals surface area contributed by atoms with Gasteiger partial charge in [-0.3, -0.25) is 4.79 Å². The van der Waals surface area contributed by atoms with E-state index in [0.717, 1.165) is 0 Å². The number of carbonyl (C=O) groups is 1. The Morgan fingerprint density at radius 3 is 2.78 bits per heavy atom. The van der Waals surface area contributed by atoms with Crippen LogP contribution in [0, 0.1) is 0 Å². The number of hydrogen-bond donors (Lipinski definition) is 1. The predicted octanol–water partition coefficient (Wildman–Crippen LogP) is 0.871. The molecule has 0 amide bonds. The number of carboxylic acids is 1. The summed E-state index contributed by atoms with van der Waals surface area (Å²) in [5, 5.41) is 8.28. The fraction of sp³-hybridized carbons (Fsp3) is 0.800. The molecule has 0 radical (unpaired) electrons. The highest BCUT2D eigenvalue weighted by molar-refractivity contribution is 9.10. The number of aliphatic carboxylic acids is 1. The Kier molecular flexibility index (Phi) is 4.71. The van der Waals surface area contributed by atoms with Crippen LogP contribution in [0.4, 0.5) is 0 Å². The molecule has 9 heavy (non-hydrogen) atoms. The smallest absolute Gasteiger partial charge is 0.319 e. The van der Waals surface area contributed by atoms with Crippen LogP contribution in [0.3, 0.4) is 0 Å². The molecule has 0 saturated carbocycles. The summed E-state index contributed by atoms with van der Waals surface area (Å²) in [7, 11) is 0. The maximum atomic E-state index is 10.1. The lowest BCUT2D eigenvalue weighted by Gasteiger charge is -2.02. The van der Waals surface area contributed by atoms with Crippen molar-refractivity contribution < 1.29 is 14.6 Å². The normalized spacial score (nSPS) is 13.1. The zero-order valence-corrected chi connectivity index (χ0v) is 6.72. The number of alkyl halides is 1. The molecule has 1 N–H and O–H groups in total. The number of hydrogen-bond acceptors (Lipinski definition) is 2. The molecule has 0 aromatic heterocycles. The van der Waals surface area contributed by atoms with E-state index in [1.54, 1.807) is 0 Å². The second-order valence-electron chi connectivity index (χ2n) is 1.47. The van der Waals surface area contributed by atoms with Crippen LogP contribution in [0.1, 0.15) is 6.92 Å². The van der Waals surface area contributed by atoms with Crippen LogP contribution in [0.25, 0.3) is 0 Å². The van der Waals surface area contributed by atoms with Gasteiger partial charge < -0.3 is 9.84 Å². The minimum Gasteiger partial charge on any atom is -0.480 e. The maximum absolute atomic E-state index is 10.1. The Bertz CT molecular complexity index is 94.2. The predicted molar refractivity (Wildman–Crippen MR) is 36.8 cm³/mol. The molecule has 0 aliphatic rings. The molecular weight excluding hydrogens is 188 g/mol. The minimum absolute atomic E-state index is 0.228. The third-order valence-electron chi connectivity index (χ3n) is 0.736. The van der Waals surface area contributed by atoms with Crippen molar-refractivity contribution in [2.75, 3.05) is 13.2 Å². The van der Waals surface area contributed by atoms with Crippen molar-refractivity contribution in [3.05, 3.63) is 0 Å². The molecule has 0 aliphatic carbocycles. The highest BCUT2D eigenvalue weighted by Gasteiger charge is 2.11. The molecule has 0 aromatic rings. The minimum atomic E-state index is -0.886. The zero-order valence-electron chi connectivity index (χ0n) is 5.13. The van der Waals surface area contributed by atoms with Gasteiger partial charge >= 0.3 is 5.97 Å². The van der Waals surface area contributed by atoms with E-state index < -0.39 is 10.8 Å². The van der Waals surface area contributed by atoms with Crippen LogP contribution < -0.4 is 0 Å². The molecular formula is C5H9BrO3. The Morgan fingerprint density at radius 2 is 2.44 bits per heavy atom. The Labute approximate surface area is 62.1 Å². The van der Waals surface area contributed by atoms with Crippen LogP contribution in [0.15, 0.2) is 0 Å². The highest BCUT2D eigenvalue weighted by atomic mass is 79.9. The first kappa shape index (κ1) is 8.91. The second-order valence-corrected chi connectivity index (χ2v) is 2.57. The monoisotopic (exact) mass is 196 g/mol. The summed E-state index contributed by atoms with van der Waals surface area (Å²) < 4.78 is 4.83. The fourth-order valence-electron chi connectivity index (χ4n) is 0.293. The van der Waals surface area contributed by atoms with E-state index in [-0.39, 0.29) is 6.61 Å². The van der Waals surface area contributed by atoms with Gasteiger partial charge in [0.1, 0.15) is 4.83 Å². The van der Waals surface area contributed by atoms with Crippen molar-refractivity contribution in [3.8, 4) is 0 Å². The summed E-state index contributed by atoms with van der Waals surface area (Å²) in [6, 6.07) is 0. The van der Waals surface area contributed by atoms with Crippen molar-refractivity contribution in [2.45, 2.75) is 11.8 Å². The zero-order chi connectivity index (χ0) is 7.28. The lowest BCUT2D eigenvalue weighted by atomic mass is 10.5. The van der Waals surface area contributed by atoms with Crippen molar-refractivity contribution in [1.29, 1.82) is 0 Å². The molecule has 0 bridgehead atoms. The van der Waals surface area contributed by atoms with Crippen molar-refractivity contribution in [3.63, 3.8) is 0 Å². The van der Waals surface area contributed by atoms with Gasteiger partial charge in [-0.25, -0.2) is 0 Å². The average molecular weight is 197 g/mol. The summed E-state index contributed by atoms with van der Waals surface area (Å²) in [6.45, 7) is 2.60. The van der Waals surface area contributed by atoms with E-state index in [0.29, 0.717) is 6.61 Å². The number of halogens is 1. The first-order valence-electron chi connectivity index (χ1n) is 2.63. The largest absolute Gasteiger partial charge is 0.480 e. The van der Waals surface area contributed by atoms with Crippen molar-refractivity contribution in [1.82, 2.24) is 0 Å². The molecule has 4 heteroatoms. The van der Waals surface area contributed by atoms with Gasteiger partial charge in [-0.2, -0.15) is 0 Å². The summed E-state index contributed by atoms with van der Waals surface area (Å²) in [5.41, 5.74) is 0. The second kappa shape index (κ2) is 4.76. The van der Waals surface area contributed by atoms with Crippen LogP contribution in [-0.4, -0.2) is 29.1 Å². The summed E-state index contributed by atoms with van der Waals surface area (Å²) >= 11 is 2.92. The van der Waals surface area contributed by atoms with Gasteiger partial charge in [-0.05, 0) is 6.92 Å². The number of ether oxygens (including phenoxy) is 1. The third-order valence-corrected chi connectivity index (χ3v) is 1.39. The lowest BCUT2D eigenvalue weighted by Crippen LogP contribution is -2.18. The number of carboxylic acid groups (broad SMARTS) is 1. The van der Waals surface area contributed by atoms with Gasteiger partial charge in [0.05, 0.1) is 6.61 Å². The first-order valence-corrected chi connectivity index (χ1v) is 3.54. The quantitative estimate of drug-likeness (QED) is 0.680. The average Bonchev–Trinajstić information content (AvgIpc) is 1.82. The van der Waals surface area contributed by atoms with Gasteiger partial charge in [0.25, 0.3) is 0 Å². The maximum Gasteiger partial charge on any atom is 0.319 e. The standard InChI is InChI=1S/C5H9BrO3/c1-2-9-3-4(6)5(7)8/h4H,2-3H2,1H3,(H,7,8). The fourth-order valence-corrected chi connectivity index (χ4v) is 0.480. The molecule has 1 atom stereocenters. The molecule has 0 aliphatic heterocycles. The molecule has 0 aromatic carbocycles. The van der Waals surface area contributed by atoms with E-state index in [9.17, 15) is 4.79 Å². The molecule has 0 rings (SSSR count). The molecule has 0 saturated heterocycles. The Morgan fingerprint density at radius 1 is 1.89 bits per heavy atom. The number of rotatable bonds is 4. The van der Waals surface area contributed by atoms with Gasteiger partial charge in [0.2, 0.25) is 0 Å². The van der Waals surface area contributed by atoms with Crippen molar-refractivity contribution in [2.24, 2.45) is 0 Å². The van der Waals surface area contributed by atoms with Crippen LogP contribution in [0.2, 0.25) is 0 Å². The first-order chi connectivity index (χ1) is 4.18. The van der Waals surface area contributed by atoms with Gasteiger partial charge in [-0.15, -0.1) is 0 Å². The van der Waals surface area contributed by atoms with E-state index in [1.807, 2.05) is 6.92 Å². The van der Waals surface area contributed by atoms with E-state index in [4.69, 9.17) is 9.84 Å². The molecule has 1 unspecified atom stereocenters. The summed E-state index contributed by atoms with van der Waals surface area (Å²) in [5.74, 6) is -0.886. The Hall–Kier alpha value is -0.0900. The molecule has 0 spiro atoms. The van der Waals surface area contributed by atoms with Crippen LogP contribution in [-0.2, 0) is 9.53 Å². The van der Waals surface area contributed by atoms with E-state index in [1.165, 1.54) is 0 Å². The van der Waals surface area contributed by atoms with E-state index >= 15 is 0 Å². The topological polar surface area (TPSA) is 46.5 Å². The Balaban J connectivity index is 3.27. The van der Waals surface area contributed by atoms with Crippen LogP contribution in [0.5, 0.6) is 0 Å². The van der Waals surface area contributed by atoms with Crippen molar-refractivity contribution >= 4 is 21.9 Å².